The fourth-order valence-electron chi connectivity index (χ4n) is 4.57. The molecule has 2 fully saturated rings. The summed E-state index contributed by atoms with van der Waals surface area (Å²) in [7, 11) is 0. The molecule has 2 rings (SSSR count). The molecule has 0 heterocycles. The van der Waals surface area contributed by atoms with Crippen LogP contribution in [0.25, 0.3) is 0 Å². The molecule has 0 saturated heterocycles. The molecule has 2 aliphatic carbocycles. The Balaban J connectivity index is 2.35. The molecule has 0 radical (unpaired) electrons. The molecule has 0 amide bonds. The maximum Gasteiger partial charge on any atom is 0.137 e. The minimum atomic E-state index is -0.00850. The lowest BCUT2D eigenvalue weighted by atomic mass is 9.48. The first-order valence-corrected chi connectivity index (χ1v) is 6.81. The maximum absolute atomic E-state index is 12.1. The standard InChI is InChI=1S/C15H23NO/c1-14(2)8-4-9-15(3)11(7-10-16)12(17)5-6-13(14)15/h11,13H,4-9H2,1-3H3/t11-,13-,15+/m0/s1. The zero-order valence-corrected chi connectivity index (χ0v) is 11.3. The van der Waals surface area contributed by atoms with Crippen molar-refractivity contribution in [3.63, 3.8) is 0 Å². The van der Waals surface area contributed by atoms with Gasteiger partial charge in [0.25, 0.3) is 0 Å². The molecule has 2 saturated carbocycles. The highest BCUT2D eigenvalue weighted by Crippen LogP contribution is 2.59. The van der Waals surface area contributed by atoms with Gasteiger partial charge in [-0.15, -0.1) is 0 Å². The van der Waals surface area contributed by atoms with Gasteiger partial charge in [0.1, 0.15) is 5.78 Å². The molecule has 0 unspecified atom stereocenters. The fraction of sp³-hybridized carbons (Fsp3) is 0.867. The number of hydrogen-bond donors (Lipinski definition) is 0. The molecule has 0 N–H and O–H groups in total. The largest absolute Gasteiger partial charge is 0.299 e. The van der Waals surface area contributed by atoms with Gasteiger partial charge >= 0.3 is 0 Å². The summed E-state index contributed by atoms with van der Waals surface area (Å²) in [6, 6.07) is 2.23. The van der Waals surface area contributed by atoms with E-state index < -0.39 is 0 Å². The Morgan fingerprint density at radius 2 is 2.06 bits per heavy atom. The molecule has 0 spiro atoms. The summed E-state index contributed by atoms with van der Waals surface area (Å²) in [6.07, 6.45) is 5.73. The Kier molecular flexibility index (Phi) is 3.06. The Morgan fingerprint density at radius 3 is 2.71 bits per heavy atom. The average Bonchev–Trinajstić information content (AvgIpc) is 2.22. The van der Waals surface area contributed by atoms with Gasteiger partial charge in [0.05, 0.1) is 6.07 Å². The number of carbonyl (C=O) groups excluding carboxylic acids is 1. The second kappa shape index (κ2) is 4.12. The summed E-state index contributed by atoms with van der Waals surface area (Å²) in [6.45, 7) is 6.94. The monoisotopic (exact) mass is 233 g/mol. The smallest absolute Gasteiger partial charge is 0.137 e. The van der Waals surface area contributed by atoms with Crippen molar-refractivity contribution < 1.29 is 4.79 Å². The minimum absolute atomic E-state index is 0.00850. The molecular formula is C15H23NO. The van der Waals surface area contributed by atoms with Gasteiger partial charge < -0.3 is 0 Å². The molecule has 0 aliphatic heterocycles. The SMILES string of the molecule is CC1(C)CCC[C@]2(C)[C@@H](CC#N)C(=O)CC[C@@H]12. The first-order chi connectivity index (χ1) is 7.92. The third kappa shape index (κ3) is 1.90. The molecule has 2 nitrogen and oxygen atoms in total. The van der Waals surface area contributed by atoms with Crippen LogP contribution in [-0.4, -0.2) is 5.78 Å². The Bertz CT molecular complexity index is 366. The van der Waals surface area contributed by atoms with Crippen LogP contribution in [0.2, 0.25) is 0 Å². The number of Topliss-reactive ketones (excluding diaryl/α,β-unsaturated/α-hetero) is 1. The molecule has 0 aromatic heterocycles. The van der Waals surface area contributed by atoms with Crippen molar-refractivity contribution in [3.8, 4) is 6.07 Å². The molecular weight excluding hydrogens is 210 g/mol. The van der Waals surface area contributed by atoms with Crippen molar-refractivity contribution in [2.75, 3.05) is 0 Å². The lowest BCUT2D eigenvalue weighted by molar-refractivity contribution is -0.142. The van der Waals surface area contributed by atoms with E-state index in [0.29, 0.717) is 30.0 Å². The van der Waals surface area contributed by atoms with Crippen LogP contribution in [0.5, 0.6) is 0 Å². The van der Waals surface area contributed by atoms with Gasteiger partial charge in [-0.1, -0.05) is 27.2 Å². The van der Waals surface area contributed by atoms with E-state index in [2.05, 4.69) is 26.8 Å². The first kappa shape index (κ1) is 12.6. The van der Waals surface area contributed by atoms with Gasteiger partial charge in [0, 0.05) is 18.8 Å². The number of nitrogens with zero attached hydrogens (tertiary/aromatic N) is 1. The van der Waals surface area contributed by atoms with Crippen molar-refractivity contribution in [2.24, 2.45) is 22.7 Å². The summed E-state index contributed by atoms with van der Waals surface area (Å²) < 4.78 is 0. The highest BCUT2D eigenvalue weighted by molar-refractivity contribution is 5.83. The van der Waals surface area contributed by atoms with E-state index >= 15 is 0 Å². The van der Waals surface area contributed by atoms with E-state index in [4.69, 9.17) is 5.26 Å². The van der Waals surface area contributed by atoms with E-state index in [1.165, 1.54) is 12.8 Å². The molecule has 0 aromatic carbocycles. The van der Waals surface area contributed by atoms with Gasteiger partial charge in [-0.05, 0) is 36.0 Å². The molecule has 94 valence electrons. The molecule has 0 aromatic rings. The quantitative estimate of drug-likeness (QED) is 0.692. The van der Waals surface area contributed by atoms with Crippen LogP contribution in [-0.2, 0) is 4.79 Å². The summed E-state index contributed by atoms with van der Waals surface area (Å²) in [4.78, 5) is 12.1. The number of rotatable bonds is 1. The highest BCUT2D eigenvalue weighted by Gasteiger charge is 2.54. The van der Waals surface area contributed by atoms with E-state index in [9.17, 15) is 4.79 Å². The Hall–Kier alpha value is -0.840. The van der Waals surface area contributed by atoms with E-state index in [0.717, 1.165) is 12.8 Å². The molecule has 2 aliphatic rings. The van der Waals surface area contributed by atoms with Crippen LogP contribution in [0.15, 0.2) is 0 Å². The molecule has 2 heteroatoms. The molecule has 0 bridgehead atoms. The highest BCUT2D eigenvalue weighted by atomic mass is 16.1. The fourth-order valence-corrected chi connectivity index (χ4v) is 4.57. The lowest BCUT2D eigenvalue weighted by Gasteiger charge is -2.56. The van der Waals surface area contributed by atoms with E-state index in [1.807, 2.05) is 0 Å². The first-order valence-electron chi connectivity index (χ1n) is 6.81. The maximum atomic E-state index is 12.1. The van der Waals surface area contributed by atoms with E-state index in [-0.39, 0.29) is 11.3 Å². The zero-order chi connectivity index (χ0) is 12.7. The van der Waals surface area contributed by atoms with Crippen LogP contribution in [0.3, 0.4) is 0 Å². The van der Waals surface area contributed by atoms with Gasteiger partial charge in [0.15, 0.2) is 0 Å². The second-order valence-corrected chi connectivity index (χ2v) is 6.82. The second-order valence-electron chi connectivity index (χ2n) is 6.82. The third-order valence-electron chi connectivity index (χ3n) is 5.44. The zero-order valence-electron chi connectivity index (χ0n) is 11.3. The number of nitriles is 1. The van der Waals surface area contributed by atoms with Gasteiger partial charge in [0.2, 0.25) is 0 Å². The number of hydrogen-bond acceptors (Lipinski definition) is 2. The van der Waals surface area contributed by atoms with Crippen LogP contribution in [0, 0.1) is 34.0 Å². The third-order valence-corrected chi connectivity index (χ3v) is 5.44. The van der Waals surface area contributed by atoms with Crippen molar-refractivity contribution in [3.05, 3.63) is 0 Å². The van der Waals surface area contributed by atoms with Gasteiger partial charge in [-0.2, -0.15) is 5.26 Å². The van der Waals surface area contributed by atoms with Crippen molar-refractivity contribution in [2.45, 2.75) is 59.3 Å². The van der Waals surface area contributed by atoms with Crippen LogP contribution in [0.1, 0.15) is 59.3 Å². The summed E-state index contributed by atoms with van der Waals surface area (Å²) in [5.74, 6) is 0.939. The van der Waals surface area contributed by atoms with Crippen LogP contribution < -0.4 is 0 Å². The van der Waals surface area contributed by atoms with Crippen molar-refractivity contribution in [1.82, 2.24) is 0 Å². The molecule has 3 atom stereocenters. The summed E-state index contributed by atoms with van der Waals surface area (Å²) >= 11 is 0. The summed E-state index contributed by atoms with van der Waals surface area (Å²) in [5, 5.41) is 8.97. The predicted molar refractivity (Wildman–Crippen MR) is 67.2 cm³/mol. The Labute approximate surface area is 104 Å². The van der Waals surface area contributed by atoms with Gasteiger partial charge in [-0.25, -0.2) is 0 Å². The lowest BCUT2D eigenvalue weighted by Crippen LogP contribution is -2.51. The average molecular weight is 233 g/mol. The topological polar surface area (TPSA) is 40.9 Å². The van der Waals surface area contributed by atoms with Gasteiger partial charge in [-0.3, -0.25) is 4.79 Å². The summed E-state index contributed by atoms with van der Waals surface area (Å²) in [5.41, 5.74) is 0.411. The van der Waals surface area contributed by atoms with Crippen molar-refractivity contribution >= 4 is 5.78 Å². The van der Waals surface area contributed by atoms with E-state index in [1.54, 1.807) is 0 Å². The predicted octanol–water partition coefficient (Wildman–Crippen LogP) is 3.71. The number of ketones is 1. The van der Waals surface area contributed by atoms with Crippen LogP contribution in [0.4, 0.5) is 0 Å². The minimum Gasteiger partial charge on any atom is -0.299 e. The van der Waals surface area contributed by atoms with Crippen molar-refractivity contribution in [1.29, 1.82) is 5.26 Å². The van der Waals surface area contributed by atoms with Crippen LogP contribution >= 0.6 is 0 Å². The number of fused-ring (bicyclic) bond motifs is 1. The molecule has 17 heavy (non-hydrogen) atoms. The Morgan fingerprint density at radius 1 is 1.35 bits per heavy atom. The normalized spacial score (nSPS) is 40.5. The number of carbonyl (C=O) groups is 1.